The molecule has 1 amide bonds. The van der Waals surface area contributed by atoms with Gasteiger partial charge in [0.15, 0.2) is 5.78 Å². The minimum Gasteiger partial charge on any atom is -0.369 e. The number of primary amides is 1. The third kappa shape index (κ3) is 3.45. The Kier molecular flexibility index (Phi) is 4.55. The molecule has 1 aromatic rings. The number of aryl methyl sites for hydroxylation is 1. The van der Waals surface area contributed by atoms with Gasteiger partial charge in [0, 0.05) is 18.2 Å². The molecule has 0 saturated carbocycles. The van der Waals surface area contributed by atoms with Gasteiger partial charge in [-0.05, 0) is 26.7 Å². The third-order valence-corrected chi connectivity index (χ3v) is 4.13. The van der Waals surface area contributed by atoms with Gasteiger partial charge in [0.2, 0.25) is 5.91 Å². The molecule has 2 N–H and O–H groups in total. The van der Waals surface area contributed by atoms with Crippen molar-refractivity contribution in [1.82, 2.24) is 4.90 Å². The van der Waals surface area contributed by atoms with E-state index >= 15 is 0 Å². The van der Waals surface area contributed by atoms with E-state index in [1.54, 1.807) is 0 Å². The summed E-state index contributed by atoms with van der Waals surface area (Å²) in [4.78, 5) is 25.7. The standard InChI is InChI=1S/C16H22N2O2/c1-11-3-6-13(7-4-11)15(19)10-18-9-14(16(17)20)8-5-12(18)2/h3-4,6-7,12,14H,5,8-10H2,1-2H3,(H2,17,20). The molecule has 0 bridgehead atoms. The SMILES string of the molecule is Cc1ccc(C(=O)CN2CC(C(N)=O)CCC2C)cc1. The predicted molar refractivity (Wildman–Crippen MR) is 78.5 cm³/mol. The van der Waals surface area contributed by atoms with Gasteiger partial charge >= 0.3 is 0 Å². The lowest BCUT2D eigenvalue weighted by atomic mass is 9.92. The van der Waals surface area contributed by atoms with Gasteiger partial charge in [-0.25, -0.2) is 0 Å². The Morgan fingerprint density at radius 2 is 1.90 bits per heavy atom. The molecule has 1 fully saturated rings. The Hall–Kier alpha value is -1.68. The van der Waals surface area contributed by atoms with Crippen LogP contribution in [0.25, 0.3) is 0 Å². The molecule has 0 radical (unpaired) electrons. The predicted octanol–water partition coefficient (Wildman–Crippen LogP) is 1.76. The number of likely N-dealkylation sites (tertiary alicyclic amines) is 1. The van der Waals surface area contributed by atoms with Crippen LogP contribution in [-0.2, 0) is 4.79 Å². The molecule has 1 aromatic carbocycles. The van der Waals surface area contributed by atoms with Gasteiger partial charge in [-0.2, -0.15) is 0 Å². The van der Waals surface area contributed by atoms with E-state index in [0.717, 1.165) is 24.0 Å². The average Bonchev–Trinajstić information content (AvgIpc) is 2.41. The zero-order valence-corrected chi connectivity index (χ0v) is 12.1. The number of ketones is 1. The first-order valence-electron chi connectivity index (χ1n) is 7.10. The van der Waals surface area contributed by atoms with Crippen molar-refractivity contribution < 1.29 is 9.59 Å². The molecule has 2 atom stereocenters. The number of amides is 1. The van der Waals surface area contributed by atoms with Crippen molar-refractivity contribution in [3.05, 3.63) is 35.4 Å². The molecule has 2 unspecified atom stereocenters. The Bertz CT molecular complexity index is 496. The van der Waals surface area contributed by atoms with Crippen LogP contribution in [-0.4, -0.2) is 35.7 Å². The molecule has 4 heteroatoms. The second-order valence-corrected chi connectivity index (χ2v) is 5.74. The molecule has 20 heavy (non-hydrogen) atoms. The van der Waals surface area contributed by atoms with Crippen LogP contribution in [0.4, 0.5) is 0 Å². The summed E-state index contributed by atoms with van der Waals surface area (Å²) < 4.78 is 0. The lowest BCUT2D eigenvalue weighted by molar-refractivity contribution is -0.123. The van der Waals surface area contributed by atoms with E-state index in [1.165, 1.54) is 0 Å². The largest absolute Gasteiger partial charge is 0.369 e. The fourth-order valence-corrected chi connectivity index (χ4v) is 2.65. The number of hydrogen-bond donors (Lipinski definition) is 1. The number of benzene rings is 1. The highest BCUT2D eigenvalue weighted by atomic mass is 16.1. The van der Waals surface area contributed by atoms with Gasteiger partial charge < -0.3 is 5.73 Å². The van der Waals surface area contributed by atoms with Crippen molar-refractivity contribution >= 4 is 11.7 Å². The second kappa shape index (κ2) is 6.18. The van der Waals surface area contributed by atoms with Gasteiger partial charge in [-0.15, -0.1) is 0 Å². The van der Waals surface area contributed by atoms with Crippen molar-refractivity contribution in [2.24, 2.45) is 11.7 Å². The van der Waals surface area contributed by atoms with Crippen LogP contribution in [0.15, 0.2) is 24.3 Å². The summed E-state index contributed by atoms with van der Waals surface area (Å²) >= 11 is 0. The zero-order valence-electron chi connectivity index (χ0n) is 12.1. The molecule has 108 valence electrons. The number of Topliss-reactive ketones (excluding diaryl/α,β-unsaturated/α-hetero) is 1. The maximum Gasteiger partial charge on any atom is 0.221 e. The summed E-state index contributed by atoms with van der Waals surface area (Å²) in [6.07, 6.45) is 1.74. The van der Waals surface area contributed by atoms with Gasteiger partial charge in [0.05, 0.1) is 12.5 Å². The quantitative estimate of drug-likeness (QED) is 0.851. The molecule has 2 rings (SSSR count). The summed E-state index contributed by atoms with van der Waals surface area (Å²) in [5.74, 6) is -0.288. The Morgan fingerprint density at radius 1 is 1.25 bits per heavy atom. The Morgan fingerprint density at radius 3 is 2.50 bits per heavy atom. The number of carbonyl (C=O) groups is 2. The molecule has 1 aliphatic rings. The molecule has 4 nitrogen and oxygen atoms in total. The number of hydrogen-bond acceptors (Lipinski definition) is 3. The number of rotatable bonds is 4. The molecule has 1 saturated heterocycles. The van der Waals surface area contributed by atoms with E-state index in [0.29, 0.717) is 19.1 Å². The van der Waals surface area contributed by atoms with Gasteiger partial charge in [-0.3, -0.25) is 14.5 Å². The minimum atomic E-state index is -0.260. The molecule has 0 aliphatic carbocycles. The van der Waals surface area contributed by atoms with Crippen molar-refractivity contribution in [2.45, 2.75) is 32.7 Å². The highest BCUT2D eigenvalue weighted by molar-refractivity contribution is 5.97. The summed E-state index contributed by atoms with van der Waals surface area (Å²) in [5.41, 5.74) is 7.25. The zero-order chi connectivity index (χ0) is 14.7. The molecule has 1 aliphatic heterocycles. The summed E-state index contributed by atoms with van der Waals surface area (Å²) in [7, 11) is 0. The van der Waals surface area contributed by atoms with Gasteiger partial charge in [0.1, 0.15) is 0 Å². The topological polar surface area (TPSA) is 63.4 Å². The summed E-state index contributed by atoms with van der Waals surface area (Å²) in [5, 5.41) is 0. The highest BCUT2D eigenvalue weighted by Gasteiger charge is 2.29. The molecule has 1 heterocycles. The first kappa shape index (κ1) is 14.7. The maximum atomic E-state index is 12.3. The fourth-order valence-electron chi connectivity index (χ4n) is 2.65. The lowest BCUT2D eigenvalue weighted by Crippen LogP contribution is -2.47. The Balaban J connectivity index is 2.02. The molecular weight excluding hydrogens is 252 g/mol. The first-order chi connectivity index (χ1) is 9.47. The van der Waals surface area contributed by atoms with E-state index < -0.39 is 0 Å². The van der Waals surface area contributed by atoms with Gasteiger partial charge in [0.25, 0.3) is 0 Å². The van der Waals surface area contributed by atoms with Crippen LogP contribution in [0.2, 0.25) is 0 Å². The smallest absolute Gasteiger partial charge is 0.221 e. The summed E-state index contributed by atoms with van der Waals surface area (Å²) in [6, 6.07) is 7.92. The van der Waals surface area contributed by atoms with Gasteiger partial charge in [-0.1, -0.05) is 29.8 Å². The number of piperidine rings is 1. The van der Waals surface area contributed by atoms with Crippen molar-refractivity contribution in [3.8, 4) is 0 Å². The minimum absolute atomic E-state index is 0.0990. The number of nitrogens with zero attached hydrogens (tertiary/aromatic N) is 1. The van der Waals surface area contributed by atoms with E-state index in [1.807, 2.05) is 31.2 Å². The average molecular weight is 274 g/mol. The monoisotopic (exact) mass is 274 g/mol. The van der Waals surface area contributed by atoms with E-state index in [4.69, 9.17) is 5.73 Å². The highest BCUT2D eigenvalue weighted by Crippen LogP contribution is 2.22. The van der Waals surface area contributed by atoms with E-state index in [9.17, 15) is 9.59 Å². The van der Waals surface area contributed by atoms with Crippen molar-refractivity contribution in [1.29, 1.82) is 0 Å². The first-order valence-corrected chi connectivity index (χ1v) is 7.10. The van der Waals surface area contributed by atoms with Crippen LogP contribution in [0.5, 0.6) is 0 Å². The lowest BCUT2D eigenvalue weighted by Gasteiger charge is -2.36. The van der Waals surface area contributed by atoms with E-state index in [-0.39, 0.29) is 17.6 Å². The normalized spacial score (nSPS) is 23.5. The van der Waals surface area contributed by atoms with E-state index in [2.05, 4.69) is 11.8 Å². The van der Waals surface area contributed by atoms with Crippen LogP contribution in [0, 0.1) is 12.8 Å². The Labute approximate surface area is 119 Å². The molecular formula is C16H22N2O2. The third-order valence-electron chi connectivity index (χ3n) is 4.13. The van der Waals surface area contributed by atoms with Crippen LogP contribution in [0.1, 0.15) is 35.7 Å². The fraction of sp³-hybridized carbons (Fsp3) is 0.500. The van der Waals surface area contributed by atoms with Crippen LogP contribution in [0.3, 0.4) is 0 Å². The van der Waals surface area contributed by atoms with Crippen molar-refractivity contribution in [2.75, 3.05) is 13.1 Å². The summed E-state index contributed by atoms with van der Waals surface area (Å²) in [6.45, 7) is 5.04. The number of nitrogens with two attached hydrogens (primary N) is 1. The van der Waals surface area contributed by atoms with Crippen LogP contribution >= 0.6 is 0 Å². The van der Waals surface area contributed by atoms with Crippen LogP contribution < -0.4 is 5.73 Å². The number of carbonyl (C=O) groups excluding carboxylic acids is 2. The maximum absolute atomic E-state index is 12.3. The van der Waals surface area contributed by atoms with Crippen molar-refractivity contribution in [3.63, 3.8) is 0 Å². The molecule has 0 aromatic heterocycles. The molecule has 0 spiro atoms. The second-order valence-electron chi connectivity index (χ2n) is 5.74.